The van der Waals surface area contributed by atoms with Gasteiger partial charge in [-0.1, -0.05) is 19.1 Å². The van der Waals surface area contributed by atoms with E-state index >= 15 is 0 Å². The third-order valence-electron chi connectivity index (χ3n) is 3.41. The van der Waals surface area contributed by atoms with Gasteiger partial charge in [0, 0.05) is 12.0 Å². The lowest BCUT2D eigenvalue weighted by molar-refractivity contribution is 0.623. The summed E-state index contributed by atoms with van der Waals surface area (Å²) in [6.07, 6.45) is 1.74. The van der Waals surface area contributed by atoms with Crippen molar-refractivity contribution in [3.8, 4) is 0 Å². The molecule has 0 saturated carbocycles. The summed E-state index contributed by atoms with van der Waals surface area (Å²) in [6.45, 7) is 5.92. The standard InChI is InChI=1S/C16H21FN4/c1-4-6-14-20-15(18)10(2)16(21-14)19-11(3)12-7-5-8-13(17)9-12/h5,7-9,11H,4,6H2,1-3H3,(H3,18,19,20,21). The quantitative estimate of drug-likeness (QED) is 0.881. The molecule has 0 aliphatic carbocycles. The average molecular weight is 288 g/mol. The minimum atomic E-state index is -0.244. The van der Waals surface area contributed by atoms with Gasteiger partial charge in [-0.05, 0) is 38.0 Å². The molecule has 1 aromatic heterocycles. The number of anilines is 2. The number of hydrogen-bond acceptors (Lipinski definition) is 4. The Labute approximate surface area is 124 Å². The van der Waals surface area contributed by atoms with Gasteiger partial charge in [-0.3, -0.25) is 0 Å². The molecule has 0 spiro atoms. The van der Waals surface area contributed by atoms with Crippen molar-refractivity contribution in [2.24, 2.45) is 0 Å². The number of nitrogens with one attached hydrogen (secondary N) is 1. The topological polar surface area (TPSA) is 63.8 Å². The smallest absolute Gasteiger partial charge is 0.135 e. The number of aryl methyl sites for hydroxylation is 1. The average Bonchev–Trinajstić information content (AvgIpc) is 2.44. The summed E-state index contributed by atoms with van der Waals surface area (Å²) >= 11 is 0. The first-order valence-corrected chi connectivity index (χ1v) is 7.16. The number of nitrogens with two attached hydrogens (primary N) is 1. The molecular formula is C16H21FN4. The molecule has 3 N–H and O–H groups in total. The predicted molar refractivity (Wildman–Crippen MR) is 83.6 cm³/mol. The molecule has 1 aromatic carbocycles. The molecule has 112 valence electrons. The molecule has 21 heavy (non-hydrogen) atoms. The second kappa shape index (κ2) is 6.52. The number of hydrogen-bond donors (Lipinski definition) is 2. The van der Waals surface area contributed by atoms with Gasteiger partial charge < -0.3 is 11.1 Å². The molecular weight excluding hydrogens is 267 g/mol. The number of halogens is 1. The molecule has 0 bridgehead atoms. The van der Waals surface area contributed by atoms with E-state index in [-0.39, 0.29) is 11.9 Å². The maximum Gasteiger partial charge on any atom is 0.135 e. The molecule has 0 radical (unpaired) electrons. The van der Waals surface area contributed by atoms with Gasteiger partial charge in [0.2, 0.25) is 0 Å². The number of nitrogen functional groups attached to an aromatic ring is 1. The molecule has 1 heterocycles. The van der Waals surface area contributed by atoms with E-state index in [1.54, 1.807) is 6.07 Å². The summed E-state index contributed by atoms with van der Waals surface area (Å²) in [7, 11) is 0. The lowest BCUT2D eigenvalue weighted by atomic mass is 10.1. The summed E-state index contributed by atoms with van der Waals surface area (Å²) < 4.78 is 13.3. The van der Waals surface area contributed by atoms with E-state index in [0.29, 0.717) is 11.6 Å². The molecule has 1 atom stereocenters. The van der Waals surface area contributed by atoms with Gasteiger partial charge in [0.1, 0.15) is 23.3 Å². The first-order valence-electron chi connectivity index (χ1n) is 7.16. The van der Waals surface area contributed by atoms with E-state index in [0.717, 1.165) is 29.8 Å². The van der Waals surface area contributed by atoms with E-state index in [9.17, 15) is 4.39 Å². The SMILES string of the molecule is CCCc1nc(N)c(C)c(NC(C)c2cccc(F)c2)n1. The van der Waals surface area contributed by atoms with Gasteiger partial charge in [-0.15, -0.1) is 0 Å². The summed E-state index contributed by atoms with van der Waals surface area (Å²) in [4.78, 5) is 8.80. The molecule has 0 aliphatic rings. The zero-order valence-corrected chi connectivity index (χ0v) is 12.7. The van der Waals surface area contributed by atoms with Crippen LogP contribution in [0.3, 0.4) is 0 Å². The van der Waals surface area contributed by atoms with Crippen molar-refractivity contribution >= 4 is 11.6 Å². The summed E-state index contributed by atoms with van der Waals surface area (Å²) in [6, 6.07) is 6.47. The molecule has 1 unspecified atom stereocenters. The summed E-state index contributed by atoms with van der Waals surface area (Å²) in [5.74, 6) is 1.69. The van der Waals surface area contributed by atoms with Crippen LogP contribution in [0, 0.1) is 12.7 Å². The fourth-order valence-electron chi connectivity index (χ4n) is 2.12. The van der Waals surface area contributed by atoms with Crippen LogP contribution < -0.4 is 11.1 Å². The maximum absolute atomic E-state index is 13.3. The van der Waals surface area contributed by atoms with E-state index < -0.39 is 0 Å². The zero-order chi connectivity index (χ0) is 15.4. The van der Waals surface area contributed by atoms with Crippen molar-refractivity contribution in [2.45, 2.75) is 39.7 Å². The van der Waals surface area contributed by atoms with Gasteiger partial charge in [0.15, 0.2) is 0 Å². The van der Waals surface area contributed by atoms with Crippen LogP contribution in [-0.4, -0.2) is 9.97 Å². The molecule has 0 saturated heterocycles. The summed E-state index contributed by atoms with van der Waals surface area (Å²) in [5.41, 5.74) is 7.62. The fourth-order valence-corrected chi connectivity index (χ4v) is 2.12. The Morgan fingerprint density at radius 1 is 1.33 bits per heavy atom. The summed E-state index contributed by atoms with van der Waals surface area (Å²) in [5, 5.41) is 3.30. The van der Waals surface area contributed by atoms with Crippen LogP contribution in [0.2, 0.25) is 0 Å². The van der Waals surface area contributed by atoms with E-state index in [1.165, 1.54) is 12.1 Å². The van der Waals surface area contributed by atoms with Gasteiger partial charge in [-0.2, -0.15) is 0 Å². The molecule has 4 nitrogen and oxygen atoms in total. The molecule has 0 amide bonds. The number of nitrogens with zero attached hydrogens (tertiary/aromatic N) is 2. The molecule has 2 aromatic rings. The number of rotatable bonds is 5. The Morgan fingerprint density at radius 2 is 2.10 bits per heavy atom. The van der Waals surface area contributed by atoms with Crippen molar-refractivity contribution in [1.82, 2.24) is 9.97 Å². The monoisotopic (exact) mass is 288 g/mol. The maximum atomic E-state index is 13.3. The lowest BCUT2D eigenvalue weighted by Gasteiger charge is -2.18. The second-order valence-electron chi connectivity index (χ2n) is 5.17. The van der Waals surface area contributed by atoms with Gasteiger partial charge in [0.05, 0.1) is 6.04 Å². The largest absolute Gasteiger partial charge is 0.383 e. The second-order valence-corrected chi connectivity index (χ2v) is 5.17. The van der Waals surface area contributed by atoms with Crippen molar-refractivity contribution < 1.29 is 4.39 Å². The Hall–Kier alpha value is -2.17. The Kier molecular flexibility index (Phi) is 4.73. The third kappa shape index (κ3) is 3.68. The van der Waals surface area contributed by atoms with Gasteiger partial charge in [0.25, 0.3) is 0 Å². The normalized spacial score (nSPS) is 12.2. The predicted octanol–water partition coefficient (Wildman–Crippen LogP) is 3.63. The van der Waals surface area contributed by atoms with Crippen LogP contribution in [0.5, 0.6) is 0 Å². The Balaban J connectivity index is 2.26. The molecule has 2 rings (SSSR count). The van der Waals surface area contributed by atoms with E-state index in [1.807, 2.05) is 19.9 Å². The molecule has 5 heteroatoms. The first kappa shape index (κ1) is 15.2. The highest BCUT2D eigenvalue weighted by Crippen LogP contribution is 2.23. The van der Waals surface area contributed by atoms with Crippen LogP contribution in [0.1, 0.15) is 43.3 Å². The first-order chi connectivity index (χ1) is 10.0. The highest BCUT2D eigenvalue weighted by molar-refractivity contribution is 5.55. The lowest BCUT2D eigenvalue weighted by Crippen LogP contribution is -2.13. The number of benzene rings is 1. The van der Waals surface area contributed by atoms with Crippen LogP contribution in [0.25, 0.3) is 0 Å². The van der Waals surface area contributed by atoms with Gasteiger partial charge in [-0.25, -0.2) is 14.4 Å². The van der Waals surface area contributed by atoms with E-state index in [4.69, 9.17) is 5.73 Å². The van der Waals surface area contributed by atoms with Gasteiger partial charge >= 0.3 is 0 Å². The van der Waals surface area contributed by atoms with Crippen molar-refractivity contribution in [3.63, 3.8) is 0 Å². The minimum Gasteiger partial charge on any atom is -0.383 e. The Morgan fingerprint density at radius 3 is 2.76 bits per heavy atom. The van der Waals surface area contributed by atoms with E-state index in [2.05, 4.69) is 22.2 Å². The Bertz CT molecular complexity index is 628. The van der Waals surface area contributed by atoms with Crippen molar-refractivity contribution in [1.29, 1.82) is 0 Å². The highest BCUT2D eigenvalue weighted by Gasteiger charge is 2.12. The third-order valence-corrected chi connectivity index (χ3v) is 3.41. The fraction of sp³-hybridized carbons (Fsp3) is 0.375. The highest BCUT2D eigenvalue weighted by atomic mass is 19.1. The molecule has 0 fully saturated rings. The minimum absolute atomic E-state index is 0.0665. The van der Waals surface area contributed by atoms with Crippen molar-refractivity contribution in [3.05, 3.63) is 47.0 Å². The zero-order valence-electron chi connectivity index (χ0n) is 12.7. The van der Waals surface area contributed by atoms with Crippen LogP contribution in [0.15, 0.2) is 24.3 Å². The number of aromatic nitrogens is 2. The van der Waals surface area contributed by atoms with Crippen LogP contribution in [0.4, 0.5) is 16.0 Å². The molecule has 0 aliphatic heterocycles. The van der Waals surface area contributed by atoms with Crippen LogP contribution >= 0.6 is 0 Å². The van der Waals surface area contributed by atoms with Crippen LogP contribution in [-0.2, 0) is 6.42 Å². The van der Waals surface area contributed by atoms with Crippen molar-refractivity contribution in [2.75, 3.05) is 11.1 Å².